The Bertz CT molecular complexity index is 581. The molecule has 0 saturated heterocycles. The van der Waals surface area contributed by atoms with E-state index in [9.17, 15) is 4.79 Å². The number of rotatable bonds is 5. The van der Waals surface area contributed by atoms with Gasteiger partial charge in [0.2, 0.25) is 0 Å². The van der Waals surface area contributed by atoms with Crippen LogP contribution in [0.2, 0.25) is 0 Å². The molecule has 2 rings (SSSR count). The van der Waals surface area contributed by atoms with Crippen LogP contribution in [0.3, 0.4) is 0 Å². The van der Waals surface area contributed by atoms with Crippen molar-refractivity contribution in [3.05, 3.63) is 53.0 Å². The van der Waals surface area contributed by atoms with Gasteiger partial charge < -0.3 is 9.15 Å². The first-order chi connectivity index (χ1) is 9.15. The van der Waals surface area contributed by atoms with Crippen LogP contribution in [0.5, 0.6) is 5.75 Å². The number of hydrogen-bond acceptors (Lipinski definition) is 3. The molecule has 3 heteroatoms. The molecule has 0 atom stereocenters. The Morgan fingerprint density at radius 1 is 1.32 bits per heavy atom. The quantitative estimate of drug-likeness (QED) is 0.769. The predicted octanol–water partition coefficient (Wildman–Crippen LogP) is 3.58. The van der Waals surface area contributed by atoms with Crippen molar-refractivity contribution in [2.45, 2.75) is 26.7 Å². The zero-order chi connectivity index (χ0) is 13.8. The highest BCUT2D eigenvalue weighted by Gasteiger charge is 2.16. The summed E-state index contributed by atoms with van der Waals surface area (Å²) in [7, 11) is 1.62. The third kappa shape index (κ3) is 2.87. The molecule has 0 fully saturated rings. The molecule has 19 heavy (non-hydrogen) atoms. The molecule has 1 heterocycles. The van der Waals surface area contributed by atoms with Gasteiger partial charge in [0.1, 0.15) is 11.5 Å². The van der Waals surface area contributed by atoms with Gasteiger partial charge in [0.15, 0.2) is 5.78 Å². The Balaban J connectivity index is 2.26. The van der Waals surface area contributed by atoms with E-state index in [0.29, 0.717) is 12.0 Å². The summed E-state index contributed by atoms with van der Waals surface area (Å²) in [5.74, 6) is 1.56. The van der Waals surface area contributed by atoms with Gasteiger partial charge in [-0.25, -0.2) is 0 Å². The summed E-state index contributed by atoms with van der Waals surface area (Å²) in [5, 5.41) is 0. The second-order valence-electron chi connectivity index (χ2n) is 4.53. The first-order valence-corrected chi connectivity index (χ1v) is 6.38. The minimum absolute atomic E-state index is 0.0644. The largest absolute Gasteiger partial charge is 0.496 e. The number of benzene rings is 1. The molecule has 2 aromatic rings. The van der Waals surface area contributed by atoms with Gasteiger partial charge in [-0.2, -0.15) is 0 Å². The summed E-state index contributed by atoms with van der Waals surface area (Å²) in [6, 6.07) is 7.60. The second-order valence-corrected chi connectivity index (χ2v) is 4.53. The number of aryl methyl sites for hydroxylation is 2. The lowest BCUT2D eigenvalue weighted by atomic mass is 10.0. The molecule has 0 bridgehead atoms. The molecule has 0 aliphatic carbocycles. The SMILES string of the molecule is CCc1occc1C(=O)Cc1cc(C)ccc1OC. The van der Waals surface area contributed by atoms with E-state index in [1.165, 1.54) is 0 Å². The molecule has 1 aromatic carbocycles. The van der Waals surface area contributed by atoms with Crippen molar-refractivity contribution >= 4 is 5.78 Å². The van der Waals surface area contributed by atoms with Gasteiger partial charge in [-0.3, -0.25) is 4.79 Å². The number of ether oxygens (including phenoxy) is 1. The smallest absolute Gasteiger partial charge is 0.170 e. The van der Waals surface area contributed by atoms with Crippen molar-refractivity contribution in [3.8, 4) is 5.75 Å². The average Bonchev–Trinajstić information content (AvgIpc) is 2.87. The molecule has 3 nitrogen and oxygen atoms in total. The first-order valence-electron chi connectivity index (χ1n) is 6.38. The van der Waals surface area contributed by atoms with Gasteiger partial charge in [0, 0.05) is 18.4 Å². The van der Waals surface area contributed by atoms with Crippen LogP contribution >= 0.6 is 0 Å². The summed E-state index contributed by atoms with van der Waals surface area (Å²) in [6.07, 6.45) is 2.62. The minimum atomic E-state index is 0.0644. The summed E-state index contributed by atoms with van der Waals surface area (Å²) in [6.45, 7) is 3.98. The van der Waals surface area contributed by atoms with E-state index in [1.54, 1.807) is 19.4 Å². The summed E-state index contributed by atoms with van der Waals surface area (Å²) in [4.78, 5) is 12.3. The number of hydrogen-bond donors (Lipinski definition) is 0. The standard InChI is InChI=1S/C16H18O3/c1-4-15-13(7-8-19-15)14(17)10-12-9-11(2)5-6-16(12)18-3/h5-9H,4,10H2,1-3H3. The highest BCUT2D eigenvalue weighted by Crippen LogP contribution is 2.22. The number of Topliss-reactive ketones (excluding diaryl/α,β-unsaturated/α-hetero) is 1. The molecule has 0 spiro atoms. The van der Waals surface area contributed by atoms with Crippen molar-refractivity contribution in [3.63, 3.8) is 0 Å². The second kappa shape index (κ2) is 5.74. The third-order valence-electron chi connectivity index (χ3n) is 3.15. The van der Waals surface area contributed by atoms with Gasteiger partial charge in [-0.1, -0.05) is 24.6 Å². The molecule has 0 unspecified atom stereocenters. The van der Waals surface area contributed by atoms with E-state index in [4.69, 9.17) is 9.15 Å². The predicted molar refractivity (Wildman–Crippen MR) is 73.9 cm³/mol. The monoisotopic (exact) mass is 258 g/mol. The van der Waals surface area contributed by atoms with Gasteiger partial charge >= 0.3 is 0 Å². The number of carbonyl (C=O) groups excluding carboxylic acids is 1. The molecule has 100 valence electrons. The molecule has 0 N–H and O–H groups in total. The van der Waals surface area contributed by atoms with Gasteiger partial charge in [0.25, 0.3) is 0 Å². The Kier molecular flexibility index (Phi) is 4.05. The number of methoxy groups -OCH3 is 1. The van der Waals surface area contributed by atoms with Crippen molar-refractivity contribution in [2.75, 3.05) is 7.11 Å². The van der Waals surface area contributed by atoms with E-state index in [0.717, 1.165) is 29.1 Å². The van der Waals surface area contributed by atoms with Gasteiger partial charge in [-0.15, -0.1) is 0 Å². The van der Waals surface area contributed by atoms with Crippen LogP contribution in [0.15, 0.2) is 34.9 Å². The van der Waals surface area contributed by atoms with Crippen molar-refractivity contribution < 1.29 is 13.9 Å². The highest BCUT2D eigenvalue weighted by molar-refractivity contribution is 5.98. The maximum atomic E-state index is 12.3. The molecule has 0 radical (unpaired) electrons. The van der Waals surface area contributed by atoms with Crippen molar-refractivity contribution in [1.82, 2.24) is 0 Å². The molecule has 0 amide bonds. The zero-order valence-corrected chi connectivity index (χ0v) is 11.5. The number of ketones is 1. The highest BCUT2D eigenvalue weighted by atomic mass is 16.5. The normalized spacial score (nSPS) is 10.5. The van der Waals surface area contributed by atoms with Crippen LogP contribution in [0.25, 0.3) is 0 Å². The van der Waals surface area contributed by atoms with Crippen LogP contribution in [-0.2, 0) is 12.8 Å². The van der Waals surface area contributed by atoms with E-state index >= 15 is 0 Å². The Morgan fingerprint density at radius 3 is 2.79 bits per heavy atom. The maximum Gasteiger partial charge on any atom is 0.170 e. The molecule has 0 aliphatic rings. The fraction of sp³-hybridized carbons (Fsp3) is 0.312. The zero-order valence-electron chi connectivity index (χ0n) is 11.5. The van der Waals surface area contributed by atoms with Crippen LogP contribution in [0.1, 0.15) is 34.2 Å². The fourth-order valence-electron chi connectivity index (χ4n) is 2.18. The summed E-state index contributed by atoms with van der Waals surface area (Å²) in [5.41, 5.74) is 2.70. The van der Waals surface area contributed by atoms with Crippen molar-refractivity contribution in [2.24, 2.45) is 0 Å². The van der Waals surface area contributed by atoms with Crippen LogP contribution in [-0.4, -0.2) is 12.9 Å². The lowest BCUT2D eigenvalue weighted by molar-refractivity contribution is 0.0990. The Morgan fingerprint density at radius 2 is 2.11 bits per heavy atom. The van der Waals surface area contributed by atoms with Gasteiger partial charge in [0.05, 0.1) is 18.9 Å². The molecule has 1 aromatic heterocycles. The van der Waals surface area contributed by atoms with E-state index in [-0.39, 0.29) is 5.78 Å². The number of carbonyl (C=O) groups is 1. The number of furan rings is 1. The fourth-order valence-corrected chi connectivity index (χ4v) is 2.18. The average molecular weight is 258 g/mol. The molecular formula is C16H18O3. The summed E-state index contributed by atoms with van der Waals surface area (Å²) < 4.78 is 10.6. The van der Waals surface area contributed by atoms with Gasteiger partial charge in [-0.05, 0) is 19.1 Å². The third-order valence-corrected chi connectivity index (χ3v) is 3.15. The Labute approximate surface area is 113 Å². The van der Waals surface area contributed by atoms with Crippen LogP contribution in [0, 0.1) is 6.92 Å². The Hall–Kier alpha value is -2.03. The first kappa shape index (κ1) is 13.4. The van der Waals surface area contributed by atoms with Crippen LogP contribution < -0.4 is 4.74 Å². The molecule has 0 saturated carbocycles. The summed E-state index contributed by atoms with van der Waals surface area (Å²) >= 11 is 0. The lowest BCUT2D eigenvalue weighted by Crippen LogP contribution is -2.06. The van der Waals surface area contributed by atoms with E-state index in [2.05, 4.69) is 0 Å². The molecule has 0 aliphatic heterocycles. The maximum absolute atomic E-state index is 12.3. The van der Waals surface area contributed by atoms with E-state index in [1.807, 2.05) is 32.0 Å². The minimum Gasteiger partial charge on any atom is -0.496 e. The van der Waals surface area contributed by atoms with Crippen molar-refractivity contribution in [1.29, 1.82) is 0 Å². The molecular weight excluding hydrogens is 240 g/mol. The van der Waals surface area contributed by atoms with Crippen LogP contribution in [0.4, 0.5) is 0 Å². The lowest BCUT2D eigenvalue weighted by Gasteiger charge is -2.08. The van der Waals surface area contributed by atoms with E-state index < -0.39 is 0 Å². The topological polar surface area (TPSA) is 39.4 Å².